The van der Waals surface area contributed by atoms with Gasteiger partial charge in [0, 0.05) is 28.3 Å². The van der Waals surface area contributed by atoms with Crippen LogP contribution in [0.4, 0.5) is 5.82 Å². The summed E-state index contributed by atoms with van der Waals surface area (Å²) in [6, 6.07) is 7.81. The lowest BCUT2D eigenvalue weighted by Crippen LogP contribution is -2.25. The molecule has 1 aliphatic rings. The molecule has 0 saturated heterocycles. The van der Waals surface area contributed by atoms with Gasteiger partial charge in [-0.1, -0.05) is 12.1 Å². The Bertz CT molecular complexity index is 997. The second-order valence-electron chi connectivity index (χ2n) is 6.41. The summed E-state index contributed by atoms with van der Waals surface area (Å²) in [4.78, 5) is 13.7. The first-order valence-corrected chi connectivity index (χ1v) is 9.71. The molecule has 1 unspecified atom stereocenters. The van der Waals surface area contributed by atoms with Crippen LogP contribution >= 0.6 is 11.3 Å². The van der Waals surface area contributed by atoms with E-state index in [1.165, 1.54) is 4.88 Å². The van der Waals surface area contributed by atoms with Crippen molar-refractivity contribution in [3.8, 4) is 17.2 Å². The predicted molar refractivity (Wildman–Crippen MR) is 107 cm³/mol. The van der Waals surface area contributed by atoms with Gasteiger partial charge in [0.05, 0.1) is 34.1 Å². The minimum atomic E-state index is -0.185. The average Bonchev–Trinajstić information content (AvgIpc) is 3.36. The average molecular weight is 399 g/mol. The second-order valence-corrected chi connectivity index (χ2v) is 7.45. The third-order valence-electron chi connectivity index (χ3n) is 4.89. The summed E-state index contributed by atoms with van der Waals surface area (Å²) in [7, 11) is 4.74. The number of aromatic nitrogens is 2. The lowest BCUT2D eigenvalue weighted by Gasteiger charge is -2.26. The number of thiophene rings is 1. The van der Waals surface area contributed by atoms with Gasteiger partial charge in [0.2, 0.25) is 11.7 Å². The van der Waals surface area contributed by atoms with Crippen molar-refractivity contribution in [2.45, 2.75) is 18.9 Å². The molecule has 0 radical (unpaired) electrons. The fraction of sp³-hybridized carbons (Fsp3) is 0.300. The molecule has 28 heavy (non-hydrogen) atoms. The topological polar surface area (TPSA) is 74.6 Å². The summed E-state index contributed by atoms with van der Waals surface area (Å²) in [5, 5.41) is 9.53. The Kier molecular flexibility index (Phi) is 4.95. The summed E-state index contributed by atoms with van der Waals surface area (Å²) in [5.41, 5.74) is 1.83. The molecular formula is C20H21N3O4S. The van der Waals surface area contributed by atoms with Gasteiger partial charge in [-0.3, -0.25) is 4.79 Å². The number of anilines is 1. The van der Waals surface area contributed by atoms with Crippen LogP contribution in [-0.4, -0.2) is 37.0 Å². The normalized spacial score (nSPS) is 15.7. The van der Waals surface area contributed by atoms with Crippen LogP contribution in [0.15, 0.2) is 35.8 Å². The lowest BCUT2D eigenvalue weighted by atomic mass is 9.86. The van der Waals surface area contributed by atoms with Gasteiger partial charge in [-0.2, -0.15) is 5.10 Å². The summed E-state index contributed by atoms with van der Waals surface area (Å²) < 4.78 is 18.4. The first kappa shape index (κ1) is 18.4. The molecule has 0 saturated carbocycles. The van der Waals surface area contributed by atoms with Crippen LogP contribution < -0.4 is 19.5 Å². The van der Waals surface area contributed by atoms with E-state index in [1.807, 2.05) is 34.5 Å². The monoisotopic (exact) mass is 399 g/mol. The molecule has 3 heterocycles. The molecule has 0 spiro atoms. The van der Waals surface area contributed by atoms with Crippen molar-refractivity contribution in [2.24, 2.45) is 0 Å². The zero-order valence-corrected chi connectivity index (χ0v) is 16.7. The maximum absolute atomic E-state index is 12.5. The summed E-state index contributed by atoms with van der Waals surface area (Å²) >= 11 is 1.66. The van der Waals surface area contributed by atoms with E-state index in [1.54, 1.807) is 32.7 Å². The third kappa shape index (κ3) is 3.09. The molecule has 1 atom stereocenters. The standard InChI is InChI=1S/C20H21N3O4S/c1-25-16-7-6-13(18(26-2)19(16)27-3)14-9-17(24)22-20-15(14)10-21-23(20)11-12-5-4-8-28-12/h4-8,10,14H,9,11H2,1-3H3,(H,22,24). The van der Waals surface area contributed by atoms with Gasteiger partial charge in [0.1, 0.15) is 5.82 Å². The molecule has 0 aliphatic carbocycles. The van der Waals surface area contributed by atoms with Crippen LogP contribution in [-0.2, 0) is 11.3 Å². The molecule has 7 nitrogen and oxygen atoms in total. The minimum absolute atomic E-state index is 0.0535. The molecule has 146 valence electrons. The highest BCUT2D eigenvalue weighted by Crippen LogP contribution is 2.47. The highest BCUT2D eigenvalue weighted by atomic mass is 32.1. The number of hydrogen-bond donors (Lipinski definition) is 1. The van der Waals surface area contributed by atoms with Crippen LogP contribution in [0.5, 0.6) is 17.2 Å². The number of benzene rings is 1. The maximum atomic E-state index is 12.5. The number of rotatable bonds is 6. The first-order chi connectivity index (χ1) is 13.7. The first-order valence-electron chi connectivity index (χ1n) is 8.83. The van der Waals surface area contributed by atoms with Gasteiger partial charge < -0.3 is 19.5 Å². The van der Waals surface area contributed by atoms with Crippen molar-refractivity contribution in [1.82, 2.24) is 9.78 Å². The van der Waals surface area contributed by atoms with Gasteiger partial charge in [-0.05, 0) is 17.5 Å². The maximum Gasteiger partial charge on any atom is 0.226 e. The molecule has 2 aromatic heterocycles. The molecular weight excluding hydrogens is 378 g/mol. The highest BCUT2D eigenvalue weighted by Gasteiger charge is 2.33. The number of amides is 1. The van der Waals surface area contributed by atoms with E-state index >= 15 is 0 Å². The van der Waals surface area contributed by atoms with Crippen molar-refractivity contribution < 1.29 is 19.0 Å². The number of nitrogens with zero attached hydrogens (tertiary/aromatic N) is 2. The largest absolute Gasteiger partial charge is 0.493 e. The highest BCUT2D eigenvalue weighted by molar-refractivity contribution is 7.09. The zero-order chi connectivity index (χ0) is 19.7. The number of hydrogen-bond acceptors (Lipinski definition) is 6. The number of carbonyl (C=O) groups excluding carboxylic acids is 1. The Hall–Kier alpha value is -3.00. The zero-order valence-electron chi connectivity index (χ0n) is 15.9. The van der Waals surface area contributed by atoms with E-state index in [2.05, 4.69) is 16.5 Å². The van der Waals surface area contributed by atoms with Crippen LogP contribution in [0.2, 0.25) is 0 Å². The minimum Gasteiger partial charge on any atom is -0.493 e. The lowest BCUT2D eigenvalue weighted by molar-refractivity contribution is -0.116. The fourth-order valence-corrected chi connectivity index (χ4v) is 4.30. The summed E-state index contributed by atoms with van der Waals surface area (Å²) in [6.07, 6.45) is 2.13. The number of carbonyl (C=O) groups is 1. The molecule has 0 bridgehead atoms. The molecule has 1 N–H and O–H groups in total. The van der Waals surface area contributed by atoms with Crippen molar-refractivity contribution in [1.29, 1.82) is 0 Å². The Labute approximate surface area is 166 Å². The van der Waals surface area contributed by atoms with Crippen molar-refractivity contribution in [3.63, 3.8) is 0 Å². The van der Waals surface area contributed by atoms with Gasteiger partial charge >= 0.3 is 0 Å². The molecule has 0 fully saturated rings. The second kappa shape index (κ2) is 7.55. The predicted octanol–water partition coefficient (Wildman–Crippen LogP) is 3.49. The molecule has 8 heteroatoms. The van der Waals surface area contributed by atoms with Gasteiger partial charge in [0.15, 0.2) is 11.5 Å². The SMILES string of the molecule is COc1ccc(C2CC(=O)Nc3c2cnn3Cc2cccs2)c(OC)c1OC. The molecule has 1 aromatic carbocycles. The van der Waals surface area contributed by atoms with E-state index in [0.29, 0.717) is 30.2 Å². The number of nitrogens with one attached hydrogen (secondary N) is 1. The van der Waals surface area contributed by atoms with Crippen LogP contribution in [0, 0.1) is 0 Å². The third-order valence-corrected chi connectivity index (χ3v) is 5.75. The van der Waals surface area contributed by atoms with Gasteiger partial charge in [0.25, 0.3) is 0 Å². The Morgan fingerprint density at radius 1 is 1.14 bits per heavy atom. The fourth-order valence-electron chi connectivity index (χ4n) is 3.62. The van der Waals surface area contributed by atoms with E-state index in [4.69, 9.17) is 14.2 Å². The smallest absolute Gasteiger partial charge is 0.226 e. The Morgan fingerprint density at radius 2 is 1.96 bits per heavy atom. The van der Waals surface area contributed by atoms with E-state index < -0.39 is 0 Å². The Balaban J connectivity index is 1.79. The Morgan fingerprint density at radius 3 is 2.64 bits per heavy atom. The van der Waals surface area contributed by atoms with Gasteiger partial charge in [-0.25, -0.2) is 4.68 Å². The summed E-state index contributed by atoms with van der Waals surface area (Å²) in [6.45, 7) is 0.614. The number of fused-ring (bicyclic) bond motifs is 1. The number of methoxy groups -OCH3 is 3. The molecule has 4 rings (SSSR count). The molecule has 3 aromatic rings. The number of ether oxygens (including phenoxy) is 3. The summed E-state index contributed by atoms with van der Waals surface area (Å²) in [5.74, 6) is 2.15. The molecule has 1 aliphatic heterocycles. The van der Waals surface area contributed by atoms with Crippen molar-refractivity contribution >= 4 is 23.1 Å². The van der Waals surface area contributed by atoms with Gasteiger partial charge in [-0.15, -0.1) is 11.3 Å². The van der Waals surface area contributed by atoms with Crippen LogP contribution in [0.1, 0.15) is 28.3 Å². The van der Waals surface area contributed by atoms with Crippen molar-refractivity contribution in [3.05, 3.63) is 51.8 Å². The van der Waals surface area contributed by atoms with E-state index in [-0.39, 0.29) is 11.8 Å². The van der Waals surface area contributed by atoms with Crippen molar-refractivity contribution in [2.75, 3.05) is 26.6 Å². The van der Waals surface area contributed by atoms with E-state index in [9.17, 15) is 4.79 Å². The van der Waals surface area contributed by atoms with Crippen LogP contribution in [0.25, 0.3) is 0 Å². The van der Waals surface area contributed by atoms with E-state index in [0.717, 1.165) is 16.9 Å². The van der Waals surface area contributed by atoms with Crippen LogP contribution in [0.3, 0.4) is 0 Å². The quantitative estimate of drug-likeness (QED) is 0.687. The molecule has 1 amide bonds.